The number of aromatic nitrogens is 1. The molecule has 0 aliphatic carbocycles. The second-order valence-electron chi connectivity index (χ2n) is 6.30. The summed E-state index contributed by atoms with van der Waals surface area (Å²) in [6.45, 7) is 3.67. The van der Waals surface area contributed by atoms with E-state index < -0.39 is 15.9 Å². The first-order valence-corrected chi connectivity index (χ1v) is 11.6. The number of hydrogen-bond donors (Lipinski definition) is 1. The fraction of sp³-hybridized carbons (Fsp3) is 0.250. The van der Waals surface area contributed by atoms with Gasteiger partial charge in [-0.15, -0.1) is 11.3 Å². The molecular formula is C20H21FN4O3S2. The van der Waals surface area contributed by atoms with Crippen LogP contribution in [0.4, 0.5) is 15.2 Å². The van der Waals surface area contributed by atoms with E-state index in [9.17, 15) is 17.6 Å². The number of nitriles is 1. The van der Waals surface area contributed by atoms with Crippen LogP contribution in [-0.4, -0.2) is 32.1 Å². The van der Waals surface area contributed by atoms with Crippen molar-refractivity contribution in [3.63, 3.8) is 0 Å². The average molecular weight is 449 g/mol. The number of benzene rings is 1. The molecule has 0 radical (unpaired) electrons. The van der Waals surface area contributed by atoms with E-state index in [-0.39, 0.29) is 24.5 Å². The number of carbonyl (C=O) groups excluding carboxylic acids is 1. The van der Waals surface area contributed by atoms with Gasteiger partial charge in [-0.3, -0.25) is 4.79 Å². The molecule has 2 rings (SSSR count). The van der Waals surface area contributed by atoms with Crippen LogP contribution in [0.25, 0.3) is 0 Å². The van der Waals surface area contributed by atoms with Crippen molar-refractivity contribution in [2.45, 2.75) is 20.3 Å². The molecule has 0 atom stereocenters. The van der Waals surface area contributed by atoms with Gasteiger partial charge in [-0.05, 0) is 44.2 Å². The number of hydrogen-bond acceptors (Lipinski definition) is 7. The lowest BCUT2D eigenvalue weighted by molar-refractivity contribution is 0.0977. The predicted molar refractivity (Wildman–Crippen MR) is 116 cm³/mol. The monoisotopic (exact) mass is 448 g/mol. The first-order valence-electron chi connectivity index (χ1n) is 8.89. The first-order chi connectivity index (χ1) is 14.1. The molecule has 1 heterocycles. The number of carbonyl (C=O) groups is 1. The highest BCUT2D eigenvalue weighted by atomic mass is 32.2. The molecule has 0 fully saturated rings. The smallest absolute Gasteiger partial charge is 0.284 e. The SMILES string of the molecule is C/C=C\C=C(\F)CCN(c1ccc(C#N)cc1)c1nc(C(=O)NS(C)(=O)=O)c(C)s1. The third-order valence-electron chi connectivity index (χ3n) is 3.86. The normalized spacial score (nSPS) is 12.0. The Morgan fingerprint density at radius 1 is 1.37 bits per heavy atom. The van der Waals surface area contributed by atoms with Crippen molar-refractivity contribution in [3.05, 3.63) is 64.5 Å². The molecule has 30 heavy (non-hydrogen) atoms. The Morgan fingerprint density at radius 3 is 2.60 bits per heavy atom. The van der Waals surface area contributed by atoms with E-state index in [0.29, 0.717) is 21.3 Å². The fourth-order valence-electron chi connectivity index (χ4n) is 2.48. The van der Waals surface area contributed by atoms with E-state index in [0.717, 1.165) is 6.26 Å². The molecule has 1 aromatic carbocycles. The summed E-state index contributed by atoms with van der Waals surface area (Å²) in [4.78, 5) is 18.8. The van der Waals surface area contributed by atoms with E-state index in [4.69, 9.17) is 5.26 Å². The molecule has 0 spiro atoms. The van der Waals surface area contributed by atoms with Crippen LogP contribution in [0, 0.1) is 18.3 Å². The molecule has 0 aliphatic rings. The molecule has 1 N–H and O–H groups in total. The summed E-state index contributed by atoms with van der Waals surface area (Å²) in [5.41, 5.74) is 1.13. The Bertz CT molecular complexity index is 1110. The van der Waals surface area contributed by atoms with Gasteiger partial charge in [0.15, 0.2) is 5.13 Å². The lowest BCUT2D eigenvalue weighted by Crippen LogP contribution is -2.30. The van der Waals surface area contributed by atoms with Gasteiger partial charge in [-0.25, -0.2) is 22.5 Å². The maximum absolute atomic E-state index is 14.1. The van der Waals surface area contributed by atoms with Crippen LogP contribution in [0.15, 0.2) is 48.3 Å². The van der Waals surface area contributed by atoms with Crippen LogP contribution in [0.1, 0.15) is 34.3 Å². The lowest BCUT2D eigenvalue weighted by Gasteiger charge is -2.21. The molecule has 10 heteroatoms. The van der Waals surface area contributed by atoms with E-state index in [1.54, 1.807) is 55.2 Å². The zero-order valence-corrected chi connectivity index (χ0v) is 18.3. The quantitative estimate of drug-likeness (QED) is 0.613. The summed E-state index contributed by atoms with van der Waals surface area (Å²) in [6.07, 6.45) is 5.66. The number of thiazole rings is 1. The van der Waals surface area contributed by atoms with Crippen molar-refractivity contribution in [2.75, 3.05) is 17.7 Å². The lowest BCUT2D eigenvalue weighted by atomic mass is 10.2. The Kier molecular flexibility index (Phi) is 7.86. The van der Waals surface area contributed by atoms with Crippen molar-refractivity contribution >= 4 is 38.1 Å². The molecule has 0 saturated carbocycles. The van der Waals surface area contributed by atoms with Crippen LogP contribution >= 0.6 is 11.3 Å². The molecule has 0 bridgehead atoms. The van der Waals surface area contributed by atoms with E-state index in [1.807, 2.05) is 10.8 Å². The standard InChI is InChI=1S/C20H21FN4O3S2/c1-4-5-6-16(21)11-12-25(17-9-7-15(13-22)8-10-17)20-23-18(14(2)29-20)19(26)24-30(3,27)28/h4-10H,11-12H2,1-3H3,(H,24,26)/b5-4-,16-6+. The summed E-state index contributed by atoms with van der Waals surface area (Å²) in [5.74, 6) is -1.15. The summed E-state index contributed by atoms with van der Waals surface area (Å²) < 4.78 is 38.7. The van der Waals surface area contributed by atoms with Gasteiger partial charge in [0.05, 0.1) is 17.9 Å². The Balaban J connectivity index is 2.39. The molecule has 1 amide bonds. The Labute approximate surface area is 179 Å². The number of allylic oxidation sites excluding steroid dienone is 3. The molecule has 0 unspecified atom stereocenters. The molecule has 2 aromatic rings. The van der Waals surface area contributed by atoms with Crippen LogP contribution in [-0.2, 0) is 10.0 Å². The summed E-state index contributed by atoms with van der Waals surface area (Å²) >= 11 is 1.19. The van der Waals surface area contributed by atoms with E-state index in [2.05, 4.69) is 4.98 Å². The highest BCUT2D eigenvalue weighted by Crippen LogP contribution is 2.32. The second kappa shape index (κ2) is 10.1. The minimum absolute atomic E-state index is 0.0102. The van der Waals surface area contributed by atoms with Crippen molar-refractivity contribution in [1.82, 2.24) is 9.71 Å². The zero-order chi connectivity index (χ0) is 22.3. The number of aryl methyl sites for hydroxylation is 1. The van der Waals surface area contributed by atoms with Crippen LogP contribution in [0.2, 0.25) is 0 Å². The molecule has 1 aromatic heterocycles. The Hall–Kier alpha value is -3.03. The largest absolute Gasteiger partial charge is 0.317 e. The van der Waals surface area contributed by atoms with Crippen LogP contribution < -0.4 is 9.62 Å². The highest BCUT2D eigenvalue weighted by Gasteiger charge is 2.22. The number of nitrogens with zero attached hydrogens (tertiary/aromatic N) is 3. The summed E-state index contributed by atoms with van der Waals surface area (Å²) in [7, 11) is -3.73. The number of rotatable bonds is 8. The summed E-state index contributed by atoms with van der Waals surface area (Å²) in [6, 6.07) is 8.72. The second-order valence-corrected chi connectivity index (χ2v) is 9.23. The molecule has 7 nitrogen and oxygen atoms in total. The number of nitrogens with one attached hydrogen (secondary N) is 1. The third-order valence-corrected chi connectivity index (χ3v) is 5.41. The molecular weight excluding hydrogens is 427 g/mol. The van der Waals surface area contributed by atoms with Gasteiger partial charge in [-0.1, -0.05) is 12.2 Å². The van der Waals surface area contributed by atoms with E-state index >= 15 is 0 Å². The van der Waals surface area contributed by atoms with Gasteiger partial charge < -0.3 is 4.90 Å². The van der Waals surface area contributed by atoms with Gasteiger partial charge in [0.2, 0.25) is 10.0 Å². The van der Waals surface area contributed by atoms with Gasteiger partial charge in [0.1, 0.15) is 11.5 Å². The van der Waals surface area contributed by atoms with Crippen molar-refractivity contribution < 1.29 is 17.6 Å². The predicted octanol–water partition coefficient (Wildman–Crippen LogP) is 3.97. The number of sulfonamides is 1. The minimum Gasteiger partial charge on any atom is -0.317 e. The average Bonchev–Trinajstić information content (AvgIpc) is 3.07. The zero-order valence-electron chi connectivity index (χ0n) is 16.7. The van der Waals surface area contributed by atoms with Gasteiger partial charge >= 0.3 is 0 Å². The van der Waals surface area contributed by atoms with Crippen molar-refractivity contribution in [3.8, 4) is 6.07 Å². The fourth-order valence-corrected chi connectivity index (χ4v) is 3.87. The van der Waals surface area contributed by atoms with Gasteiger partial charge in [-0.2, -0.15) is 5.26 Å². The third kappa shape index (κ3) is 6.50. The molecule has 158 valence electrons. The molecule has 0 saturated heterocycles. The van der Waals surface area contributed by atoms with Crippen LogP contribution in [0.5, 0.6) is 0 Å². The topological polar surface area (TPSA) is 103 Å². The number of amides is 1. The highest BCUT2D eigenvalue weighted by molar-refractivity contribution is 7.89. The number of anilines is 2. The summed E-state index contributed by atoms with van der Waals surface area (Å²) in [5, 5.41) is 9.42. The number of halogens is 1. The minimum atomic E-state index is -3.73. The molecule has 0 aliphatic heterocycles. The van der Waals surface area contributed by atoms with Crippen molar-refractivity contribution in [2.24, 2.45) is 0 Å². The van der Waals surface area contributed by atoms with Gasteiger partial charge in [0.25, 0.3) is 5.91 Å². The van der Waals surface area contributed by atoms with E-state index in [1.165, 1.54) is 17.4 Å². The van der Waals surface area contributed by atoms with Crippen molar-refractivity contribution in [1.29, 1.82) is 5.26 Å². The van der Waals surface area contributed by atoms with Gasteiger partial charge in [0, 0.05) is 23.5 Å². The maximum atomic E-state index is 14.1. The maximum Gasteiger partial charge on any atom is 0.284 e. The first kappa shape index (κ1) is 23.3. The van der Waals surface area contributed by atoms with Crippen LogP contribution in [0.3, 0.4) is 0 Å². The Morgan fingerprint density at radius 2 is 2.03 bits per heavy atom.